The summed E-state index contributed by atoms with van der Waals surface area (Å²) in [5, 5.41) is 1.89. The fourth-order valence-electron chi connectivity index (χ4n) is 3.90. The van der Waals surface area contributed by atoms with Gasteiger partial charge >= 0.3 is 0 Å². The van der Waals surface area contributed by atoms with E-state index in [1.807, 2.05) is 46.8 Å². The molecular weight excluding hydrogens is 386 g/mol. The molecule has 6 nitrogen and oxygen atoms in total. The minimum Gasteiger partial charge on any atom is -0.472 e. The maximum Gasteiger partial charge on any atom is 0.264 e. The van der Waals surface area contributed by atoms with Crippen LogP contribution in [0.2, 0.25) is 0 Å². The molecule has 3 aromatic rings. The minimum atomic E-state index is -0.206. The van der Waals surface area contributed by atoms with Gasteiger partial charge in [0.2, 0.25) is 5.91 Å². The topological polar surface area (TPSA) is 58.7 Å². The zero-order valence-corrected chi connectivity index (χ0v) is 17.5. The number of carbonyl (C=O) groups is 2. The van der Waals surface area contributed by atoms with Gasteiger partial charge in [0, 0.05) is 37.1 Å². The second kappa shape index (κ2) is 8.29. The average molecular weight is 412 g/mol. The Hall–Kier alpha value is -2.80. The van der Waals surface area contributed by atoms with Crippen LogP contribution >= 0.6 is 11.3 Å². The molecule has 1 aliphatic rings. The molecule has 7 heteroatoms. The van der Waals surface area contributed by atoms with E-state index in [2.05, 4.69) is 18.4 Å². The number of hydrogen-bond acceptors (Lipinski definition) is 4. The molecule has 0 saturated heterocycles. The highest BCUT2D eigenvalue weighted by Gasteiger charge is 2.34. The van der Waals surface area contributed by atoms with Crippen LogP contribution in [0.3, 0.4) is 0 Å². The van der Waals surface area contributed by atoms with Crippen LogP contribution in [0.5, 0.6) is 0 Å². The third kappa shape index (κ3) is 4.00. The van der Waals surface area contributed by atoms with E-state index in [0.29, 0.717) is 18.0 Å². The zero-order valence-electron chi connectivity index (χ0n) is 16.7. The van der Waals surface area contributed by atoms with Crippen molar-refractivity contribution >= 4 is 23.2 Å². The SMILES string of the molecule is CC(C)CN(CC(=O)N1CCn2cccc2[C@H]1c1ccoc1)C(=O)c1cccs1. The van der Waals surface area contributed by atoms with Crippen molar-refractivity contribution in [2.24, 2.45) is 5.92 Å². The van der Waals surface area contributed by atoms with E-state index < -0.39 is 0 Å². The van der Waals surface area contributed by atoms with E-state index in [9.17, 15) is 9.59 Å². The number of hydrogen-bond donors (Lipinski definition) is 0. The van der Waals surface area contributed by atoms with Gasteiger partial charge in [-0.1, -0.05) is 19.9 Å². The van der Waals surface area contributed by atoms with Gasteiger partial charge in [-0.25, -0.2) is 0 Å². The number of nitrogens with zero attached hydrogens (tertiary/aromatic N) is 3. The van der Waals surface area contributed by atoms with Gasteiger partial charge in [-0.2, -0.15) is 0 Å². The predicted octanol–water partition coefficient (Wildman–Crippen LogP) is 3.87. The smallest absolute Gasteiger partial charge is 0.264 e. The van der Waals surface area contributed by atoms with Crippen LogP contribution in [-0.4, -0.2) is 45.8 Å². The van der Waals surface area contributed by atoms with E-state index in [1.54, 1.807) is 17.4 Å². The Labute approximate surface area is 174 Å². The fourth-order valence-corrected chi connectivity index (χ4v) is 4.59. The molecule has 4 rings (SSSR count). The van der Waals surface area contributed by atoms with Crippen molar-refractivity contribution < 1.29 is 14.0 Å². The number of rotatable bonds is 6. The summed E-state index contributed by atoms with van der Waals surface area (Å²) in [6.45, 7) is 6.07. The van der Waals surface area contributed by atoms with E-state index in [1.165, 1.54) is 11.3 Å². The van der Waals surface area contributed by atoms with Crippen molar-refractivity contribution in [2.75, 3.05) is 19.6 Å². The third-order valence-corrected chi connectivity index (χ3v) is 6.01. The summed E-state index contributed by atoms with van der Waals surface area (Å²) in [5.41, 5.74) is 2.00. The summed E-state index contributed by atoms with van der Waals surface area (Å²) < 4.78 is 7.47. The highest BCUT2D eigenvalue weighted by molar-refractivity contribution is 7.12. The van der Waals surface area contributed by atoms with Crippen LogP contribution in [0, 0.1) is 5.92 Å². The molecule has 0 bridgehead atoms. The molecule has 0 saturated carbocycles. The molecule has 29 heavy (non-hydrogen) atoms. The quantitative estimate of drug-likeness (QED) is 0.619. The standard InChI is InChI=1S/C22H25N3O3S/c1-16(2)13-24(22(27)19-6-4-12-29-19)14-20(26)25-10-9-23-8-3-5-18(23)21(25)17-7-11-28-15-17/h3-8,11-12,15-16,21H,9-10,13-14H2,1-2H3/t21-/m1/s1. The Morgan fingerprint density at radius 3 is 2.79 bits per heavy atom. The first-order valence-corrected chi connectivity index (χ1v) is 10.7. The van der Waals surface area contributed by atoms with Crippen molar-refractivity contribution in [3.63, 3.8) is 0 Å². The summed E-state index contributed by atoms with van der Waals surface area (Å²) in [5.74, 6) is 0.145. The summed E-state index contributed by atoms with van der Waals surface area (Å²) >= 11 is 1.41. The highest BCUT2D eigenvalue weighted by Crippen LogP contribution is 2.33. The van der Waals surface area contributed by atoms with Gasteiger partial charge in [0.15, 0.2) is 0 Å². The Morgan fingerprint density at radius 2 is 2.10 bits per heavy atom. The van der Waals surface area contributed by atoms with E-state index >= 15 is 0 Å². The zero-order chi connectivity index (χ0) is 20.4. The van der Waals surface area contributed by atoms with Crippen LogP contribution in [0.1, 0.15) is 40.8 Å². The minimum absolute atomic E-state index is 0.0470. The average Bonchev–Trinajstić information content (AvgIpc) is 3.47. The molecule has 0 radical (unpaired) electrons. The predicted molar refractivity (Wildman–Crippen MR) is 112 cm³/mol. The Balaban J connectivity index is 1.59. The first-order valence-electron chi connectivity index (χ1n) is 9.84. The lowest BCUT2D eigenvalue weighted by Gasteiger charge is -2.38. The van der Waals surface area contributed by atoms with Crippen molar-refractivity contribution in [2.45, 2.75) is 26.4 Å². The van der Waals surface area contributed by atoms with Gasteiger partial charge in [-0.3, -0.25) is 9.59 Å². The van der Waals surface area contributed by atoms with Crippen molar-refractivity contribution in [3.05, 3.63) is 70.6 Å². The molecule has 1 atom stereocenters. The highest BCUT2D eigenvalue weighted by atomic mass is 32.1. The van der Waals surface area contributed by atoms with Crippen LogP contribution in [0.4, 0.5) is 0 Å². The summed E-state index contributed by atoms with van der Waals surface area (Å²) in [6, 6.07) is 9.41. The Morgan fingerprint density at radius 1 is 1.24 bits per heavy atom. The molecule has 4 heterocycles. The van der Waals surface area contributed by atoms with Gasteiger partial charge in [-0.15, -0.1) is 11.3 Å². The number of fused-ring (bicyclic) bond motifs is 1. The van der Waals surface area contributed by atoms with E-state index in [0.717, 1.165) is 17.8 Å². The molecule has 0 aliphatic carbocycles. The Kier molecular flexibility index (Phi) is 5.58. The normalized spacial score (nSPS) is 16.1. The summed E-state index contributed by atoms with van der Waals surface area (Å²) in [6.07, 6.45) is 5.36. The lowest BCUT2D eigenvalue weighted by molar-refractivity contribution is -0.134. The third-order valence-electron chi connectivity index (χ3n) is 5.15. The Bertz CT molecular complexity index is 960. The molecule has 0 spiro atoms. The number of furan rings is 1. The van der Waals surface area contributed by atoms with Crippen LogP contribution < -0.4 is 0 Å². The van der Waals surface area contributed by atoms with Gasteiger partial charge in [0.1, 0.15) is 12.6 Å². The number of aromatic nitrogens is 1. The van der Waals surface area contributed by atoms with Crippen molar-refractivity contribution in [1.29, 1.82) is 0 Å². The van der Waals surface area contributed by atoms with Crippen LogP contribution in [0.15, 0.2) is 58.9 Å². The molecule has 152 valence electrons. The van der Waals surface area contributed by atoms with Crippen molar-refractivity contribution in [3.8, 4) is 0 Å². The lowest BCUT2D eigenvalue weighted by Crippen LogP contribution is -2.48. The van der Waals surface area contributed by atoms with E-state index in [4.69, 9.17) is 4.42 Å². The molecule has 0 aromatic carbocycles. The summed E-state index contributed by atoms with van der Waals surface area (Å²) in [7, 11) is 0. The molecule has 2 amide bonds. The van der Waals surface area contributed by atoms with Gasteiger partial charge < -0.3 is 18.8 Å². The number of thiophene rings is 1. The second-order valence-electron chi connectivity index (χ2n) is 7.73. The molecule has 0 N–H and O–H groups in total. The first-order chi connectivity index (χ1) is 14.0. The fraction of sp³-hybridized carbons (Fsp3) is 0.364. The summed E-state index contributed by atoms with van der Waals surface area (Å²) in [4.78, 5) is 30.6. The maximum absolute atomic E-state index is 13.4. The first kappa shape index (κ1) is 19.5. The second-order valence-corrected chi connectivity index (χ2v) is 8.68. The van der Waals surface area contributed by atoms with Gasteiger partial charge in [0.25, 0.3) is 5.91 Å². The monoisotopic (exact) mass is 411 g/mol. The maximum atomic E-state index is 13.4. The van der Waals surface area contributed by atoms with Gasteiger partial charge in [0.05, 0.1) is 17.4 Å². The van der Waals surface area contributed by atoms with Crippen LogP contribution in [0.25, 0.3) is 0 Å². The molecule has 0 unspecified atom stereocenters. The number of carbonyl (C=O) groups excluding carboxylic acids is 2. The van der Waals surface area contributed by atoms with E-state index in [-0.39, 0.29) is 30.3 Å². The molecule has 1 aliphatic heterocycles. The molecule has 0 fully saturated rings. The molecular formula is C22H25N3O3S. The lowest BCUT2D eigenvalue weighted by atomic mass is 10.0. The largest absolute Gasteiger partial charge is 0.472 e. The van der Waals surface area contributed by atoms with Gasteiger partial charge in [-0.05, 0) is 35.6 Å². The van der Waals surface area contributed by atoms with Crippen LogP contribution in [-0.2, 0) is 11.3 Å². The van der Waals surface area contributed by atoms with Crippen molar-refractivity contribution in [1.82, 2.24) is 14.4 Å². The molecule has 3 aromatic heterocycles. The number of amides is 2.